The van der Waals surface area contributed by atoms with Crippen LogP contribution in [0.15, 0.2) is 36.5 Å². The van der Waals surface area contributed by atoms with Gasteiger partial charge in [-0.2, -0.15) is 0 Å². The summed E-state index contributed by atoms with van der Waals surface area (Å²) >= 11 is 0. The van der Waals surface area contributed by atoms with Gasteiger partial charge in [0.1, 0.15) is 13.2 Å². The van der Waals surface area contributed by atoms with E-state index < -0.39 is 20.0 Å². The number of nitrogens with one attached hydrogen (secondary N) is 1. The molecule has 3 atom stereocenters. The molecule has 8 nitrogen and oxygen atoms in total. The summed E-state index contributed by atoms with van der Waals surface area (Å²) in [4.78, 5) is 24.8. The molecule has 0 aromatic heterocycles. The highest BCUT2D eigenvalue weighted by atomic mass is 31.2. The van der Waals surface area contributed by atoms with E-state index in [1.807, 2.05) is 21.1 Å². The molecule has 2 N–H and O–H groups in total. The first-order chi connectivity index (χ1) is 18.5. The molecule has 39 heavy (non-hydrogen) atoms. The molecule has 0 rings (SSSR count). The molecule has 0 fully saturated rings. The summed E-state index contributed by atoms with van der Waals surface area (Å²) in [7, 11) is 1.26. The Morgan fingerprint density at radius 1 is 0.923 bits per heavy atom. The minimum atomic E-state index is -4.54. The molecule has 0 spiro atoms. The Morgan fingerprint density at radius 2 is 1.56 bits per heavy atom. The molecule has 0 aliphatic heterocycles. The fourth-order valence-corrected chi connectivity index (χ4v) is 4.42. The topological polar surface area (TPSA) is 108 Å². The highest BCUT2D eigenvalue weighted by Gasteiger charge is 2.24. The minimum absolute atomic E-state index is 0.00338. The van der Waals surface area contributed by atoms with Crippen LogP contribution >= 0.6 is 7.82 Å². The van der Waals surface area contributed by atoms with Crippen molar-refractivity contribution in [3.05, 3.63) is 36.5 Å². The first-order valence-electron chi connectivity index (χ1n) is 14.8. The maximum atomic E-state index is 12.6. The first kappa shape index (κ1) is 37.7. The van der Waals surface area contributed by atoms with E-state index in [0.29, 0.717) is 23.9 Å². The van der Waals surface area contributed by atoms with E-state index in [4.69, 9.17) is 9.05 Å². The largest absolute Gasteiger partial charge is 0.756 e. The van der Waals surface area contributed by atoms with Crippen molar-refractivity contribution in [3.8, 4) is 0 Å². The first-order valence-corrected chi connectivity index (χ1v) is 16.3. The van der Waals surface area contributed by atoms with Crippen LogP contribution in [-0.4, -0.2) is 68.5 Å². The van der Waals surface area contributed by atoms with Gasteiger partial charge >= 0.3 is 0 Å². The van der Waals surface area contributed by atoms with Crippen LogP contribution < -0.4 is 10.2 Å². The van der Waals surface area contributed by atoms with E-state index in [2.05, 4.69) is 55.6 Å². The highest BCUT2D eigenvalue weighted by Crippen LogP contribution is 2.38. The van der Waals surface area contributed by atoms with Crippen LogP contribution in [0.2, 0.25) is 0 Å². The van der Waals surface area contributed by atoms with E-state index in [-0.39, 0.29) is 19.1 Å². The average Bonchev–Trinajstić information content (AvgIpc) is 2.86. The van der Waals surface area contributed by atoms with Gasteiger partial charge in [0, 0.05) is 6.42 Å². The maximum absolute atomic E-state index is 12.6. The number of nitrogens with zero attached hydrogens (tertiary/aromatic N) is 1. The number of rotatable bonds is 25. The molecule has 0 heterocycles. The van der Waals surface area contributed by atoms with Gasteiger partial charge in [0.05, 0.1) is 39.9 Å². The molecule has 0 saturated carbocycles. The number of phosphoric ester groups is 1. The Bertz CT molecular complexity index is 748. The molecule has 0 radical (unpaired) electrons. The van der Waals surface area contributed by atoms with Crippen LogP contribution in [0.4, 0.5) is 0 Å². The minimum Gasteiger partial charge on any atom is -0.756 e. The van der Waals surface area contributed by atoms with Gasteiger partial charge in [-0.15, -0.1) is 0 Å². The number of carbonyl (C=O) groups excluding carboxylic acids is 1. The Hall–Kier alpha value is -1.28. The molecular formula is C30H57N2O6P. The van der Waals surface area contributed by atoms with Crippen molar-refractivity contribution in [1.29, 1.82) is 0 Å². The fraction of sp³-hybridized carbons (Fsp3) is 0.767. The normalized spacial score (nSPS) is 15.8. The predicted octanol–water partition coefficient (Wildman–Crippen LogP) is 5.82. The van der Waals surface area contributed by atoms with Crippen molar-refractivity contribution < 1.29 is 32.9 Å². The standard InChI is InChI=1S/C30H57N2O6P/c1-6-8-10-12-13-14-15-16-17-18-19-20-22-24-30(34)31-28(29(33)23-21-11-9-7-2)27-38-39(35,36)37-26-25-32(3,4)5/h8,10,13-14,16-17,28-29,33H,6-7,9,11-12,15,18-27H2,1-5H3,(H-,31,34,35,36)/b10-8-,14-13-,17-16-. The molecule has 0 aliphatic carbocycles. The quantitative estimate of drug-likeness (QED) is 0.0618. The van der Waals surface area contributed by atoms with Crippen LogP contribution in [-0.2, 0) is 18.4 Å². The molecule has 0 aromatic carbocycles. The Morgan fingerprint density at radius 3 is 2.21 bits per heavy atom. The number of likely N-dealkylation sites (N-methyl/N-ethyl adjacent to an activating group) is 1. The van der Waals surface area contributed by atoms with E-state index >= 15 is 0 Å². The van der Waals surface area contributed by atoms with Gasteiger partial charge in [-0.05, 0) is 44.9 Å². The lowest BCUT2D eigenvalue weighted by atomic mass is 10.0. The zero-order valence-corrected chi connectivity index (χ0v) is 26.2. The number of hydrogen-bond acceptors (Lipinski definition) is 6. The summed E-state index contributed by atoms with van der Waals surface area (Å²) in [5.74, 6) is -0.208. The molecule has 1 amide bonds. The van der Waals surface area contributed by atoms with Gasteiger partial charge in [0.15, 0.2) is 0 Å². The van der Waals surface area contributed by atoms with E-state index in [0.717, 1.165) is 70.6 Å². The Kier molecular flexibility index (Phi) is 22.7. The summed E-state index contributed by atoms with van der Waals surface area (Å²) in [6, 6.07) is -0.808. The zero-order chi connectivity index (χ0) is 29.4. The molecule has 9 heteroatoms. The van der Waals surface area contributed by atoms with Crippen molar-refractivity contribution >= 4 is 13.7 Å². The van der Waals surface area contributed by atoms with Crippen LogP contribution in [0.5, 0.6) is 0 Å². The number of amides is 1. The van der Waals surface area contributed by atoms with Gasteiger partial charge in [-0.25, -0.2) is 0 Å². The van der Waals surface area contributed by atoms with Crippen LogP contribution in [0, 0.1) is 0 Å². The van der Waals surface area contributed by atoms with Crippen LogP contribution in [0.1, 0.15) is 97.3 Å². The maximum Gasteiger partial charge on any atom is 0.268 e. The number of aliphatic hydroxyl groups is 1. The summed E-state index contributed by atoms with van der Waals surface area (Å²) in [6.07, 6.45) is 23.5. The lowest BCUT2D eigenvalue weighted by Crippen LogP contribution is -2.46. The smallest absolute Gasteiger partial charge is 0.268 e. The van der Waals surface area contributed by atoms with Gasteiger partial charge in [-0.1, -0.05) is 82.4 Å². The second-order valence-corrected chi connectivity index (χ2v) is 12.5. The second-order valence-electron chi connectivity index (χ2n) is 11.1. The molecule has 0 aromatic rings. The molecule has 3 unspecified atom stereocenters. The Labute approximate surface area is 238 Å². The number of quaternary nitrogens is 1. The number of phosphoric acid groups is 1. The highest BCUT2D eigenvalue weighted by molar-refractivity contribution is 7.45. The second kappa shape index (κ2) is 23.4. The molecule has 0 saturated heterocycles. The number of hydrogen-bond donors (Lipinski definition) is 2. The van der Waals surface area contributed by atoms with Gasteiger partial charge in [0.25, 0.3) is 7.82 Å². The number of unbranched alkanes of at least 4 members (excludes halogenated alkanes) is 6. The third kappa shape index (κ3) is 25.4. The van der Waals surface area contributed by atoms with E-state index in [9.17, 15) is 19.4 Å². The molecule has 0 aliphatic rings. The summed E-state index contributed by atoms with van der Waals surface area (Å²) in [5, 5.41) is 13.5. The van der Waals surface area contributed by atoms with Crippen molar-refractivity contribution in [2.24, 2.45) is 0 Å². The van der Waals surface area contributed by atoms with E-state index in [1.54, 1.807) is 0 Å². The molecule has 228 valence electrons. The number of carbonyl (C=O) groups is 1. The number of aliphatic hydroxyl groups excluding tert-OH is 1. The third-order valence-electron chi connectivity index (χ3n) is 6.14. The van der Waals surface area contributed by atoms with Crippen molar-refractivity contribution in [2.75, 3.05) is 40.9 Å². The van der Waals surface area contributed by atoms with Gasteiger partial charge in [-0.3, -0.25) is 9.36 Å². The fourth-order valence-electron chi connectivity index (χ4n) is 3.70. The lowest BCUT2D eigenvalue weighted by molar-refractivity contribution is -0.870. The van der Waals surface area contributed by atoms with Crippen LogP contribution in [0.3, 0.4) is 0 Å². The summed E-state index contributed by atoms with van der Waals surface area (Å²) in [6.45, 7) is 4.40. The summed E-state index contributed by atoms with van der Waals surface area (Å²) < 4.78 is 22.8. The van der Waals surface area contributed by atoms with Crippen molar-refractivity contribution in [3.63, 3.8) is 0 Å². The van der Waals surface area contributed by atoms with Crippen molar-refractivity contribution in [2.45, 2.75) is 109 Å². The average molecular weight is 573 g/mol. The molecular weight excluding hydrogens is 515 g/mol. The van der Waals surface area contributed by atoms with Crippen LogP contribution in [0.25, 0.3) is 0 Å². The molecule has 0 bridgehead atoms. The zero-order valence-electron chi connectivity index (χ0n) is 25.3. The monoisotopic (exact) mass is 572 g/mol. The SMILES string of the molecule is CC/C=C\C/C=C\C/C=C\CCCCCC(=O)NC(COP(=O)([O-])OCC[N+](C)(C)C)C(O)CCCCCC. The van der Waals surface area contributed by atoms with E-state index in [1.165, 1.54) is 0 Å². The third-order valence-corrected chi connectivity index (χ3v) is 7.11. The van der Waals surface area contributed by atoms with Gasteiger partial charge in [0.2, 0.25) is 5.91 Å². The Balaban J connectivity index is 4.49. The predicted molar refractivity (Wildman–Crippen MR) is 159 cm³/mol. The van der Waals surface area contributed by atoms with Crippen molar-refractivity contribution in [1.82, 2.24) is 5.32 Å². The summed E-state index contributed by atoms with van der Waals surface area (Å²) in [5.41, 5.74) is 0. The number of allylic oxidation sites excluding steroid dienone is 6. The van der Waals surface area contributed by atoms with Gasteiger partial charge < -0.3 is 28.8 Å². The lowest BCUT2D eigenvalue weighted by Gasteiger charge is -2.30.